The van der Waals surface area contributed by atoms with Gasteiger partial charge in [-0.1, -0.05) is 0 Å². The van der Waals surface area contributed by atoms with E-state index in [1.54, 1.807) is 17.9 Å². The van der Waals surface area contributed by atoms with Gasteiger partial charge in [-0.15, -0.1) is 0 Å². The molecule has 0 bridgehead atoms. The zero-order valence-corrected chi connectivity index (χ0v) is 12.1. The van der Waals surface area contributed by atoms with Crippen molar-refractivity contribution in [2.45, 2.75) is 0 Å². The lowest BCUT2D eigenvalue weighted by Crippen LogP contribution is -2.37. The highest BCUT2D eigenvalue weighted by molar-refractivity contribution is 5.54. The molecule has 2 aromatic heterocycles. The maximum Gasteiger partial charge on any atom is 0.233 e. The molecule has 112 valence electrons. The maximum absolute atomic E-state index is 5.35. The number of nitrogens with zero attached hydrogens (tertiary/aromatic N) is 6. The Morgan fingerprint density at radius 1 is 1.14 bits per heavy atom. The van der Waals surface area contributed by atoms with E-state index in [4.69, 9.17) is 4.74 Å². The molecule has 2 aromatic rings. The molecule has 0 saturated carbocycles. The zero-order valence-electron chi connectivity index (χ0n) is 12.1. The smallest absolute Gasteiger partial charge is 0.233 e. The van der Waals surface area contributed by atoms with Crippen LogP contribution in [0.25, 0.3) is 0 Å². The Balaban J connectivity index is 1.85. The minimum Gasteiger partial charge on any atom is -0.378 e. The Bertz CT molecular complexity index is 607. The van der Waals surface area contributed by atoms with Gasteiger partial charge in [0.15, 0.2) is 0 Å². The van der Waals surface area contributed by atoms with Gasteiger partial charge in [-0.25, -0.2) is 0 Å². The quantitative estimate of drug-likeness (QED) is 0.826. The number of nitrogens with one attached hydrogen (secondary N) is 2. The number of morpholine rings is 1. The maximum atomic E-state index is 5.35. The molecule has 9 nitrogen and oxygen atoms in total. The summed E-state index contributed by atoms with van der Waals surface area (Å²) in [7, 11) is 3.64. The van der Waals surface area contributed by atoms with Gasteiger partial charge in [0.2, 0.25) is 17.8 Å². The van der Waals surface area contributed by atoms with Crippen molar-refractivity contribution in [1.29, 1.82) is 0 Å². The van der Waals surface area contributed by atoms with Crippen LogP contribution in [-0.4, -0.2) is 58.1 Å². The van der Waals surface area contributed by atoms with Crippen molar-refractivity contribution >= 4 is 23.5 Å². The van der Waals surface area contributed by atoms with Gasteiger partial charge in [0.1, 0.15) is 0 Å². The van der Waals surface area contributed by atoms with Crippen molar-refractivity contribution in [2.24, 2.45) is 7.05 Å². The summed E-state index contributed by atoms with van der Waals surface area (Å²) < 4.78 is 7.06. The van der Waals surface area contributed by atoms with E-state index >= 15 is 0 Å². The summed E-state index contributed by atoms with van der Waals surface area (Å²) in [6.45, 7) is 2.93. The lowest BCUT2D eigenvalue weighted by Gasteiger charge is -2.27. The molecule has 1 aliphatic heterocycles. The van der Waals surface area contributed by atoms with Crippen molar-refractivity contribution in [3.63, 3.8) is 0 Å². The third-order valence-electron chi connectivity index (χ3n) is 3.10. The molecule has 0 aliphatic carbocycles. The van der Waals surface area contributed by atoms with Gasteiger partial charge >= 0.3 is 0 Å². The number of hydrogen-bond donors (Lipinski definition) is 2. The first kappa shape index (κ1) is 13.6. The summed E-state index contributed by atoms with van der Waals surface area (Å²) in [6.07, 6.45) is 3.58. The number of ether oxygens (including phenoxy) is 1. The summed E-state index contributed by atoms with van der Waals surface area (Å²) in [4.78, 5) is 15.3. The standard InChI is InChI=1S/C12H18N8O/c1-13-10-16-11(15-9-7-14-19(2)8-9)18-12(17-10)20-3-5-21-6-4-20/h7-8H,3-6H2,1-2H3,(H2,13,15,16,17,18). The number of aromatic nitrogens is 5. The van der Waals surface area contributed by atoms with E-state index in [0.29, 0.717) is 31.1 Å². The van der Waals surface area contributed by atoms with E-state index in [9.17, 15) is 0 Å². The molecular weight excluding hydrogens is 272 g/mol. The van der Waals surface area contributed by atoms with E-state index < -0.39 is 0 Å². The second-order valence-corrected chi connectivity index (χ2v) is 4.66. The van der Waals surface area contributed by atoms with Gasteiger partial charge < -0.3 is 20.3 Å². The Morgan fingerprint density at radius 3 is 2.57 bits per heavy atom. The first-order chi connectivity index (χ1) is 10.2. The van der Waals surface area contributed by atoms with Crippen LogP contribution in [0.3, 0.4) is 0 Å². The van der Waals surface area contributed by atoms with Crippen LogP contribution >= 0.6 is 0 Å². The third-order valence-corrected chi connectivity index (χ3v) is 3.10. The monoisotopic (exact) mass is 290 g/mol. The zero-order chi connectivity index (χ0) is 14.7. The lowest BCUT2D eigenvalue weighted by atomic mass is 10.4. The second-order valence-electron chi connectivity index (χ2n) is 4.66. The molecule has 1 fully saturated rings. The van der Waals surface area contributed by atoms with Crippen LogP contribution in [0.2, 0.25) is 0 Å². The molecule has 3 rings (SSSR count). The Kier molecular flexibility index (Phi) is 3.82. The molecular formula is C12H18N8O. The largest absolute Gasteiger partial charge is 0.378 e. The fourth-order valence-electron chi connectivity index (χ4n) is 2.05. The highest BCUT2D eigenvalue weighted by Crippen LogP contribution is 2.17. The highest BCUT2D eigenvalue weighted by atomic mass is 16.5. The van der Waals surface area contributed by atoms with E-state index in [1.807, 2.05) is 13.2 Å². The van der Waals surface area contributed by atoms with Gasteiger partial charge in [-0.2, -0.15) is 20.1 Å². The molecule has 2 N–H and O–H groups in total. The van der Waals surface area contributed by atoms with Gasteiger partial charge in [0, 0.05) is 33.4 Å². The van der Waals surface area contributed by atoms with E-state index in [0.717, 1.165) is 18.8 Å². The molecule has 0 atom stereocenters. The van der Waals surface area contributed by atoms with E-state index in [2.05, 4.69) is 35.6 Å². The summed E-state index contributed by atoms with van der Waals surface area (Å²) in [5.41, 5.74) is 0.832. The van der Waals surface area contributed by atoms with Gasteiger partial charge in [-0.05, 0) is 0 Å². The number of aryl methyl sites for hydroxylation is 1. The minimum absolute atomic E-state index is 0.490. The fraction of sp³-hybridized carbons (Fsp3) is 0.500. The number of rotatable bonds is 4. The SMILES string of the molecule is CNc1nc(Nc2cnn(C)c2)nc(N2CCOCC2)n1. The van der Waals surface area contributed by atoms with Crippen LogP contribution in [-0.2, 0) is 11.8 Å². The van der Waals surface area contributed by atoms with Gasteiger partial charge in [-0.3, -0.25) is 4.68 Å². The van der Waals surface area contributed by atoms with Gasteiger partial charge in [0.05, 0.1) is 25.1 Å². The molecule has 3 heterocycles. The molecule has 0 amide bonds. The molecule has 0 spiro atoms. The van der Waals surface area contributed by atoms with Crippen molar-refractivity contribution < 1.29 is 4.74 Å². The number of anilines is 4. The summed E-state index contributed by atoms with van der Waals surface area (Å²) in [6, 6.07) is 0. The predicted molar refractivity (Wildman–Crippen MR) is 78.9 cm³/mol. The molecule has 21 heavy (non-hydrogen) atoms. The van der Waals surface area contributed by atoms with E-state index in [1.165, 1.54) is 0 Å². The molecule has 1 aliphatic rings. The fourth-order valence-corrected chi connectivity index (χ4v) is 2.05. The average molecular weight is 290 g/mol. The Morgan fingerprint density at radius 2 is 1.90 bits per heavy atom. The Labute approximate surface area is 122 Å². The summed E-state index contributed by atoms with van der Waals surface area (Å²) in [5, 5.41) is 10.2. The van der Waals surface area contributed by atoms with Crippen LogP contribution in [0, 0.1) is 0 Å². The normalized spacial score (nSPS) is 15.0. The van der Waals surface area contributed by atoms with Crippen LogP contribution in [0.1, 0.15) is 0 Å². The van der Waals surface area contributed by atoms with Crippen molar-refractivity contribution in [1.82, 2.24) is 24.7 Å². The van der Waals surface area contributed by atoms with Crippen molar-refractivity contribution in [3.8, 4) is 0 Å². The molecule has 9 heteroatoms. The Hall–Kier alpha value is -2.42. The highest BCUT2D eigenvalue weighted by Gasteiger charge is 2.16. The van der Waals surface area contributed by atoms with E-state index in [-0.39, 0.29) is 0 Å². The minimum atomic E-state index is 0.490. The van der Waals surface area contributed by atoms with Crippen LogP contribution in [0.15, 0.2) is 12.4 Å². The molecule has 1 saturated heterocycles. The third kappa shape index (κ3) is 3.19. The average Bonchev–Trinajstić information content (AvgIpc) is 2.93. The predicted octanol–water partition coefficient (Wildman–Crippen LogP) is 0.227. The number of hydrogen-bond acceptors (Lipinski definition) is 8. The first-order valence-electron chi connectivity index (χ1n) is 6.77. The molecule has 0 unspecified atom stereocenters. The van der Waals surface area contributed by atoms with Crippen molar-refractivity contribution in [2.75, 3.05) is 48.9 Å². The summed E-state index contributed by atoms with van der Waals surface area (Å²) >= 11 is 0. The van der Waals surface area contributed by atoms with Crippen LogP contribution < -0.4 is 15.5 Å². The second kappa shape index (κ2) is 5.92. The lowest BCUT2D eigenvalue weighted by molar-refractivity contribution is 0.122. The molecule has 0 aromatic carbocycles. The van der Waals surface area contributed by atoms with Gasteiger partial charge in [0.25, 0.3) is 0 Å². The van der Waals surface area contributed by atoms with Crippen LogP contribution in [0.5, 0.6) is 0 Å². The topological polar surface area (TPSA) is 93.0 Å². The summed E-state index contributed by atoms with van der Waals surface area (Å²) in [5.74, 6) is 1.66. The molecule has 0 radical (unpaired) electrons. The first-order valence-corrected chi connectivity index (χ1v) is 6.77. The van der Waals surface area contributed by atoms with Crippen molar-refractivity contribution in [3.05, 3.63) is 12.4 Å². The van der Waals surface area contributed by atoms with Crippen LogP contribution in [0.4, 0.5) is 23.5 Å².